The molecule has 1 aromatic rings. The van der Waals surface area contributed by atoms with Crippen molar-refractivity contribution in [3.63, 3.8) is 0 Å². The van der Waals surface area contributed by atoms with Gasteiger partial charge >= 0.3 is 0 Å². The van der Waals surface area contributed by atoms with Crippen LogP contribution in [0.3, 0.4) is 0 Å². The van der Waals surface area contributed by atoms with E-state index >= 15 is 0 Å². The molecule has 5 N–H and O–H groups in total. The predicted octanol–water partition coefficient (Wildman–Crippen LogP) is -1.68. The molecule has 0 radical (unpaired) electrons. The zero-order valence-electron chi connectivity index (χ0n) is 8.10. The van der Waals surface area contributed by atoms with Gasteiger partial charge in [0.25, 0.3) is 0 Å². The number of nitrogens with two attached hydrogens (primary N) is 2. The van der Waals surface area contributed by atoms with Gasteiger partial charge in [-0.15, -0.1) is 0 Å². The van der Waals surface area contributed by atoms with Crippen molar-refractivity contribution in [3.05, 3.63) is 18.2 Å². The van der Waals surface area contributed by atoms with Crippen molar-refractivity contribution in [3.8, 4) is 0 Å². The number of carbonyl (C=O) groups is 1. The van der Waals surface area contributed by atoms with Gasteiger partial charge in [-0.3, -0.25) is 4.79 Å². The third-order valence-electron chi connectivity index (χ3n) is 1.93. The summed E-state index contributed by atoms with van der Waals surface area (Å²) in [6.07, 6.45) is 3.57. The minimum Gasteiger partial charge on any atom is -0.368 e. The molecule has 0 aromatic carbocycles. The van der Waals surface area contributed by atoms with E-state index in [0.717, 1.165) is 5.82 Å². The Kier molecular flexibility index (Phi) is 3.61. The van der Waals surface area contributed by atoms with Gasteiger partial charge < -0.3 is 21.4 Å². The summed E-state index contributed by atoms with van der Waals surface area (Å²) >= 11 is 0. The Morgan fingerprint density at radius 1 is 1.79 bits per heavy atom. The third kappa shape index (κ3) is 2.82. The molecule has 0 fully saturated rings. The second-order valence-corrected chi connectivity index (χ2v) is 3.09. The van der Waals surface area contributed by atoms with Gasteiger partial charge in [0.1, 0.15) is 5.82 Å². The Morgan fingerprint density at radius 3 is 3.00 bits per heavy atom. The Balaban J connectivity index is 2.29. The van der Waals surface area contributed by atoms with E-state index in [0.29, 0.717) is 13.1 Å². The quantitative estimate of drug-likeness (QED) is 0.525. The zero-order chi connectivity index (χ0) is 10.6. The molecule has 1 atom stereocenters. The van der Waals surface area contributed by atoms with Gasteiger partial charge in [0, 0.05) is 26.0 Å². The summed E-state index contributed by atoms with van der Waals surface area (Å²) in [4.78, 5) is 14.7. The van der Waals surface area contributed by atoms with Crippen molar-refractivity contribution in [2.75, 3.05) is 6.54 Å². The Morgan fingerprint density at radius 2 is 2.50 bits per heavy atom. The highest BCUT2D eigenvalue weighted by Gasteiger charge is 2.08. The van der Waals surface area contributed by atoms with Crippen LogP contribution >= 0.6 is 0 Å². The second kappa shape index (κ2) is 4.73. The summed E-state index contributed by atoms with van der Waals surface area (Å²) in [6, 6.07) is -0.643. The average molecular weight is 197 g/mol. The first-order valence-electron chi connectivity index (χ1n) is 4.33. The van der Waals surface area contributed by atoms with Crippen LogP contribution in [0.1, 0.15) is 5.82 Å². The number of nitrogens with zero attached hydrogens (tertiary/aromatic N) is 2. The number of nitrogens with one attached hydrogen (secondary N) is 1. The topological polar surface area (TPSA) is 99.0 Å². The molecule has 1 unspecified atom stereocenters. The van der Waals surface area contributed by atoms with Crippen LogP contribution in [0.15, 0.2) is 12.4 Å². The van der Waals surface area contributed by atoms with Crippen molar-refractivity contribution in [1.29, 1.82) is 0 Å². The van der Waals surface area contributed by atoms with E-state index < -0.39 is 11.9 Å². The van der Waals surface area contributed by atoms with Crippen molar-refractivity contribution in [2.24, 2.45) is 18.5 Å². The number of aryl methyl sites for hydroxylation is 1. The molecule has 1 aromatic heterocycles. The maximum Gasteiger partial charge on any atom is 0.235 e. The fraction of sp³-hybridized carbons (Fsp3) is 0.500. The van der Waals surface area contributed by atoms with Crippen LogP contribution in [0.5, 0.6) is 0 Å². The molecule has 0 saturated heterocycles. The molecule has 1 rings (SSSR count). The Labute approximate surface area is 82.3 Å². The molecule has 0 aliphatic heterocycles. The third-order valence-corrected chi connectivity index (χ3v) is 1.93. The number of primary amides is 1. The lowest BCUT2D eigenvalue weighted by molar-refractivity contribution is -0.119. The molecule has 14 heavy (non-hydrogen) atoms. The van der Waals surface area contributed by atoms with E-state index in [1.165, 1.54) is 0 Å². The van der Waals surface area contributed by atoms with Crippen LogP contribution in [0.2, 0.25) is 0 Å². The molecule has 78 valence electrons. The summed E-state index contributed by atoms with van der Waals surface area (Å²) in [5.74, 6) is 0.388. The predicted molar refractivity (Wildman–Crippen MR) is 52.1 cm³/mol. The molecule has 1 amide bonds. The average Bonchev–Trinajstić information content (AvgIpc) is 2.51. The number of amides is 1. The first kappa shape index (κ1) is 10.7. The molecule has 0 saturated carbocycles. The van der Waals surface area contributed by atoms with Crippen LogP contribution in [-0.4, -0.2) is 28.0 Å². The van der Waals surface area contributed by atoms with Gasteiger partial charge in [0.15, 0.2) is 0 Å². The van der Waals surface area contributed by atoms with Crippen LogP contribution < -0.4 is 16.8 Å². The van der Waals surface area contributed by atoms with E-state index in [4.69, 9.17) is 11.5 Å². The highest BCUT2D eigenvalue weighted by Crippen LogP contribution is 1.92. The van der Waals surface area contributed by atoms with Gasteiger partial charge in [-0.25, -0.2) is 4.98 Å². The molecule has 6 nitrogen and oxygen atoms in total. The van der Waals surface area contributed by atoms with Gasteiger partial charge in [0.2, 0.25) is 5.91 Å². The molecule has 0 aliphatic rings. The number of rotatable bonds is 5. The number of hydrogen-bond acceptors (Lipinski definition) is 4. The standard InChI is InChI=1S/C8H15N5O/c1-13-3-2-12-7(13)5-11-4-6(9)8(10)14/h2-3,6,11H,4-5,9H2,1H3,(H2,10,14). The summed E-state index contributed by atoms with van der Waals surface area (Å²) < 4.78 is 1.89. The van der Waals surface area contributed by atoms with E-state index in [1.54, 1.807) is 6.20 Å². The zero-order valence-corrected chi connectivity index (χ0v) is 8.10. The minimum atomic E-state index is -0.643. The SMILES string of the molecule is Cn1ccnc1CNCC(N)C(N)=O. The molecule has 0 spiro atoms. The molecular weight excluding hydrogens is 182 g/mol. The summed E-state index contributed by atoms with van der Waals surface area (Å²) in [5.41, 5.74) is 10.4. The first-order chi connectivity index (χ1) is 6.61. The van der Waals surface area contributed by atoms with Crippen LogP contribution in [0.4, 0.5) is 0 Å². The Bertz CT molecular complexity index is 308. The van der Waals surface area contributed by atoms with E-state index in [-0.39, 0.29) is 0 Å². The van der Waals surface area contributed by atoms with Crippen LogP contribution in [0, 0.1) is 0 Å². The molecule has 0 bridgehead atoms. The van der Waals surface area contributed by atoms with E-state index in [9.17, 15) is 4.79 Å². The lowest BCUT2D eigenvalue weighted by Crippen LogP contribution is -2.44. The maximum atomic E-state index is 10.6. The molecule has 1 heterocycles. The monoisotopic (exact) mass is 197 g/mol. The van der Waals surface area contributed by atoms with Crippen LogP contribution in [-0.2, 0) is 18.4 Å². The van der Waals surface area contributed by atoms with Crippen LogP contribution in [0.25, 0.3) is 0 Å². The second-order valence-electron chi connectivity index (χ2n) is 3.09. The van der Waals surface area contributed by atoms with Gasteiger partial charge in [-0.2, -0.15) is 0 Å². The Hall–Kier alpha value is -1.40. The summed E-state index contributed by atoms with van der Waals surface area (Å²) in [7, 11) is 1.90. The number of imidazole rings is 1. The summed E-state index contributed by atoms with van der Waals surface area (Å²) in [5, 5.41) is 3.00. The number of carbonyl (C=O) groups excluding carboxylic acids is 1. The lowest BCUT2D eigenvalue weighted by atomic mass is 10.3. The van der Waals surface area contributed by atoms with Crippen molar-refractivity contribution >= 4 is 5.91 Å². The smallest absolute Gasteiger partial charge is 0.235 e. The summed E-state index contributed by atoms with van der Waals surface area (Å²) in [6.45, 7) is 0.937. The largest absolute Gasteiger partial charge is 0.368 e. The lowest BCUT2D eigenvalue weighted by Gasteiger charge is -2.08. The van der Waals surface area contributed by atoms with Crippen molar-refractivity contribution < 1.29 is 4.79 Å². The normalized spacial score (nSPS) is 12.7. The van der Waals surface area contributed by atoms with Gasteiger partial charge in [-0.1, -0.05) is 0 Å². The van der Waals surface area contributed by atoms with Gasteiger partial charge in [-0.05, 0) is 0 Å². The highest BCUT2D eigenvalue weighted by molar-refractivity contribution is 5.79. The maximum absolute atomic E-state index is 10.6. The molecule has 6 heteroatoms. The fourth-order valence-corrected chi connectivity index (χ4v) is 1.01. The highest BCUT2D eigenvalue weighted by atomic mass is 16.1. The molecular formula is C8H15N5O. The minimum absolute atomic E-state index is 0.363. The fourth-order valence-electron chi connectivity index (χ4n) is 1.01. The van der Waals surface area contributed by atoms with Crippen molar-refractivity contribution in [2.45, 2.75) is 12.6 Å². The van der Waals surface area contributed by atoms with Gasteiger partial charge in [0.05, 0.1) is 12.6 Å². The van der Waals surface area contributed by atoms with Crippen molar-refractivity contribution in [1.82, 2.24) is 14.9 Å². The first-order valence-corrected chi connectivity index (χ1v) is 4.33. The van der Waals surface area contributed by atoms with E-state index in [1.807, 2.05) is 17.8 Å². The number of aromatic nitrogens is 2. The van der Waals surface area contributed by atoms with E-state index in [2.05, 4.69) is 10.3 Å². The number of hydrogen-bond donors (Lipinski definition) is 3. The molecule has 0 aliphatic carbocycles.